The zero-order chi connectivity index (χ0) is 15.4. The molecular weight excluding hydrogens is 298 g/mol. The monoisotopic (exact) mass is 314 g/mol. The van der Waals surface area contributed by atoms with Gasteiger partial charge in [0.05, 0.1) is 10.6 Å². The standard InChI is InChI=1S/C14H16F2N2O2S/c15-14(16)20-11-4-2-1-3-10(11)13(19)18(9-5-6-9)8-7-12(17)21/h1-4,9,14H,5-8H2,(H2,17,21). The van der Waals surface area contributed by atoms with Gasteiger partial charge in [-0.1, -0.05) is 24.4 Å². The number of nitrogens with two attached hydrogens (primary N) is 1. The van der Waals surface area contributed by atoms with Crippen LogP contribution in [-0.2, 0) is 0 Å². The first-order chi connectivity index (χ1) is 9.99. The molecule has 1 fully saturated rings. The molecule has 0 unspecified atom stereocenters. The van der Waals surface area contributed by atoms with E-state index in [0.717, 1.165) is 12.8 Å². The molecule has 0 radical (unpaired) electrons. The van der Waals surface area contributed by atoms with Gasteiger partial charge in [0, 0.05) is 19.0 Å². The van der Waals surface area contributed by atoms with Crippen molar-refractivity contribution in [2.75, 3.05) is 6.54 Å². The maximum atomic E-state index is 12.6. The third kappa shape index (κ3) is 4.35. The van der Waals surface area contributed by atoms with E-state index >= 15 is 0 Å². The molecule has 0 heterocycles. The highest BCUT2D eigenvalue weighted by Gasteiger charge is 2.34. The first-order valence-electron chi connectivity index (χ1n) is 6.62. The second kappa shape index (κ2) is 6.80. The zero-order valence-corrected chi connectivity index (χ0v) is 12.1. The molecular formula is C14H16F2N2O2S. The summed E-state index contributed by atoms with van der Waals surface area (Å²) in [7, 11) is 0. The van der Waals surface area contributed by atoms with Crippen molar-refractivity contribution in [1.29, 1.82) is 0 Å². The van der Waals surface area contributed by atoms with Gasteiger partial charge in [0.2, 0.25) is 0 Å². The number of halogens is 2. The lowest BCUT2D eigenvalue weighted by Crippen LogP contribution is -2.35. The summed E-state index contributed by atoms with van der Waals surface area (Å²) in [4.78, 5) is 14.5. The van der Waals surface area contributed by atoms with E-state index in [1.165, 1.54) is 12.1 Å². The van der Waals surface area contributed by atoms with Gasteiger partial charge in [0.25, 0.3) is 5.91 Å². The van der Waals surface area contributed by atoms with Gasteiger partial charge in [0.15, 0.2) is 0 Å². The minimum atomic E-state index is -2.97. The molecule has 1 amide bonds. The number of hydrogen-bond acceptors (Lipinski definition) is 3. The van der Waals surface area contributed by atoms with Gasteiger partial charge >= 0.3 is 6.61 Å². The molecule has 114 valence electrons. The molecule has 4 nitrogen and oxygen atoms in total. The van der Waals surface area contributed by atoms with Gasteiger partial charge < -0.3 is 15.4 Å². The number of rotatable bonds is 7. The third-order valence-electron chi connectivity index (χ3n) is 3.18. The van der Waals surface area contributed by atoms with Crippen LogP contribution in [0, 0.1) is 0 Å². The molecule has 0 spiro atoms. The predicted octanol–water partition coefficient (Wildman–Crippen LogP) is 2.57. The number of thiocarbonyl (C=S) groups is 1. The number of alkyl halides is 2. The highest BCUT2D eigenvalue weighted by molar-refractivity contribution is 7.80. The molecule has 1 aliphatic carbocycles. The molecule has 2 N–H and O–H groups in total. The average Bonchev–Trinajstić information content (AvgIpc) is 3.23. The van der Waals surface area contributed by atoms with Crippen LogP contribution in [-0.4, -0.2) is 35.0 Å². The van der Waals surface area contributed by atoms with E-state index in [2.05, 4.69) is 4.74 Å². The van der Waals surface area contributed by atoms with Crippen LogP contribution in [0.2, 0.25) is 0 Å². The van der Waals surface area contributed by atoms with Gasteiger partial charge in [-0.15, -0.1) is 0 Å². The van der Waals surface area contributed by atoms with E-state index in [9.17, 15) is 13.6 Å². The van der Waals surface area contributed by atoms with Crippen LogP contribution < -0.4 is 10.5 Å². The molecule has 0 atom stereocenters. The van der Waals surface area contributed by atoms with Crippen LogP contribution >= 0.6 is 12.2 Å². The SMILES string of the molecule is NC(=S)CCN(C(=O)c1ccccc1OC(F)F)C1CC1. The molecule has 1 aliphatic rings. The summed E-state index contributed by atoms with van der Waals surface area (Å²) in [5, 5.41) is 0. The fraction of sp³-hybridized carbons (Fsp3) is 0.429. The van der Waals surface area contributed by atoms with Gasteiger partial charge in [-0.05, 0) is 25.0 Å². The topological polar surface area (TPSA) is 55.6 Å². The Balaban J connectivity index is 2.18. The Labute approximate surface area is 126 Å². The minimum absolute atomic E-state index is 0.113. The Kier molecular flexibility index (Phi) is 5.06. The summed E-state index contributed by atoms with van der Waals surface area (Å²) in [5.74, 6) is -0.441. The number of hydrogen-bond donors (Lipinski definition) is 1. The lowest BCUT2D eigenvalue weighted by atomic mass is 10.1. The van der Waals surface area contributed by atoms with Crippen molar-refractivity contribution < 1.29 is 18.3 Å². The summed E-state index contributed by atoms with van der Waals surface area (Å²) in [6.45, 7) is -2.58. The molecule has 1 aromatic carbocycles. The van der Waals surface area contributed by atoms with Gasteiger partial charge in [-0.25, -0.2) is 0 Å². The fourth-order valence-corrected chi connectivity index (χ4v) is 2.15. The minimum Gasteiger partial charge on any atom is -0.434 e. The second-order valence-corrected chi connectivity index (χ2v) is 5.35. The summed E-state index contributed by atoms with van der Waals surface area (Å²) < 4.78 is 29.2. The number of carbonyl (C=O) groups is 1. The molecule has 0 saturated heterocycles. The summed E-state index contributed by atoms with van der Waals surface area (Å²) >= 11 is 4.82. The molecule has 0 bridgehead atoms. The molecule has 1 aromatic rings. The number of ether oxygens (including phenoxy) is 1. The maximum absolute atomic E-state index is 12.6. The summed E-state index contributed by atoms with van der Waals surface area (Å²) in [6.07, 6.45) is 2.22. The van der Waals surface area contributed by atoms with Crippen molar-refractivity contribution in [3.63, 3.8) is 0 Å². The van der Waals surface area contributed by atoms with Gasteiger partial charge in [0.1, 0.15) is 5.75 Å². The van der Waals surface area contributed by atoms with E-state index in [0.29, 0.717) is 18.0 Å². The molecule has 0 aliphatic heterocycles. The third-order valence-corrected chi connectivity index (χ3v) is 3.39. The first kappa shape index (κ1) is 15.6. The predicted molar refractivity (Wildman–Crippen MR) is 78.5 cm³/mol. The van der Waals surface area contributed by atoms with Crippen LogP contribution in [0.4, 0.5) is 8.78 Å². The van der Waals surface area contributed by atoms with E-state index < -0.39 is 6.61 Å². The lowest BCUT2D eigenvalue weighted by Gasteiger charge is -2.23. The Hall–Kier alpha value is -1.76. The van der Waals surface area contributed by atoms with E-state index in [1.54, 1.807) is 17.0 Å². The Bertz CT molecular complexity index is 535. The highest BCUT2D eigenvalue weighted by Crippen LogP contribution is 2.30. The van der Waals surface area contributed by atoms with Crippen LogP contribution in [0.25, 0.3) is 0 Å². The lowest BCUT2D eigenvalue weighted by molar-refractivity contribution is -0.0502. The number of carbonyl (C=O) groups excluding carboxylic acids is 1. The molecule has 0 aromatic heterocycles. The van der Waals surface area contributed by atoms with Crippen LogP contribution in [0.1, 0.15) is 29.6 Å². The number of amides is 1. The Morgan fingerprint density at radius 3 is 2.67 bits per heavy atom. The summed E-state index contributed by atoms with van der Waals surface area (Å²) in [5.41, 5.74) is 5.60. The van der Waals surface area contributed by atoms with E-state index in [-0.39, 0.29) is 23.3 Å². The number of para-hydroxylation sites is 1. The number of nitrogens with zero attached hydrogens (tertiary/aromatic N) is 1. The molecule has 2 rings (SSSR count). The quantitative estimate of drug-likeness (QED) is 0.786. The van der Waals surface area contributed by atoms with E-state index in [1.807, 2.05) is 0 Å². The smallest absolute Gasteiger partial charge is 0.387 e. The van der Waals surface area contributed by atoms with Crippen molar-refractivity contribution in [3.05, 3.63) is 29.8 Å². The zero-order valence-electron chi connectivity index (χ0n) is 11.3. The first-order valence-corrected chi connectivity index (χ1v) is 7.03. The van der Waals surface area contributed by atoms with Crippen LogP contribution in [0.3, 0.4) is 0 Å². The highest BCUT2D eigenvalue weighted by atomic mass is 32.1. The van der Waals surface area contributed by atoms with Crippen molar-refractivity contribution in [1.82, 2.24) is 4.90 Å². The van der Waals surface area contributed by atoms with Crippen LogP contribution in [0.15, 0.2) is 24.3 Å². The van der Waals surface area contributed by atoms with Crippen molar-refractivity contribution in [2.45, 2.75) is 31.9 Å². The van der Waals surface area contributed by atoms with Gasteiger partial charge in [-0.2, -0.15) is 8.78 Å². The Morgan fingerprint density at radius 1 is 1.43 bits per heavy atom. The second-order valence-electron chi connectivity index (χ2n) is 4.82. The van der Waals surface area contributed by atoms with Crippen LogP contribution in [0.5, 0.6) is 5.75 Å². The molecule has 1 saturated carbocycles. The normalized spacial score (nSPS) is 14.0. The summed E-state index contributed by atoms with van der Waals surface area (Å²) in [6, 6.07) is 6.13. The van der Waals surface area contributed by atoms with Crippen molar-refractivity contribution >= 4 is 23.1 Å². The molecule has 7 heteroatoms. The maximum Gasteiger partial charge on any atom is 0.387 e. The average molecular weight is 314 g/mol. The van der Waals surface area contributed by atoms with Gasteiger partial charge in [-0.3, -0.25) is 4.79 Å². The fourth-order valence-electron chi connectivity index (χ4n) is 2.06. The van der Waals surface area contributed by atoms with Crippen molar-refractivity contribution in [2.24, 2.45) is 5.73 Å². The van der Waals surface area contributed by atoms with Crippen molar-refractivity contribution in [3.8, 4) is 5.75 Å². The van der Waals surface area contributed by atoms with E-state index in [4.69, 9.17) is 18.0 Å². The largest absolute Gasteiger partial charge is 0.434 e. The Morgan fingerprint density at radius 2 is 2.10 bits per heavy atom. The molecule has 21 heavy (non-hydrogen) atoms. The number of benzene rings is 1.